The summed E-state index contributed by atoms with van der Waals surface area (Å²) in [4.78, 5) is 51.7. The fraction of sp³-hybridized carbons (Fsp3) is 0.280. The average Bonchev–Trinajstić information content (AvgIpc) is 3.18. The zero-order valence-electron chi connectivity index (χ0n) is 18.9. The molecule has 1 saturated heterocycles. The molecule has 9 nitrogen and oxygen atoms in total. The van der Waals surface area contributed by atoms with Crippen molar-refractivity contribution in [1.29, 1.82) is 0 Å². The van der Waals surface area contributed by atoms with Gasteiger partial charge in [0.05, 0.1) is 11.1 Å². The topological polar surface area (TPSA) is 117 Å². The molecule has 1 fully saturated rings. The SMILES string of the molecule is Cc1ccc(C(=O)O[C@H]2O[C@@H](n3cc(C)c(=O)[nH]c3=O)C[C@H]2OC(=O)c2ccc(C)cc2)cc1. The second-order valence-electron chi connectivity index (χ2n) is 8.25. The molecule has 3 atom stereocenters. The lowest BCUT2D eigenvalue weighted by atomic mass is 10.1. The molecule has 0 aliphatic carbocycles. The van der Waals surface area contributed by atoms with Gasteiger partial charge < -0.3 is 14.2 Å². The van der Waals surface area contributed by atoms with Crippen molar-refractivity contribution in [2.45, 2.75) is 45.8 Å². The number of ether oxygens (including phenoxy) is 3. The van der Waals surface area contributed by atoms with E-state index in [0.29, 0.717) is 16.7 Å². The van der Waals surface area contributed by atoms with E-state index >= 15 is 0 Å². The number of carbonyl (C=O) groups excluding carboxylic acids is 2. The van der Waals surface area contributed by atoms with Crippen LogP contribution in [0.5, 0.6) is 0 Å². The Kier molecular flexibility index (Phi) is 6.47. The Hall–Kier alpha value is -3.98. The molecule has 1 aromatic heterocycles. The van der Waals surface area contributed by atoms with Crippen LogP contribution in [0.4, 0.5) is 0 Å². The number of aromatic nitrogens is 2. The summed E-state index contributed by atoms with van der Waals surface area (Å²) < 4.78 is 18.2. The van der Waals surface area contributed by atoms with Crippen LogP contribution < -0.4 is 11.2 Å². The quantitative estimate of drug-likeness (QED) is 0.577. The first kappa shape index (κ1) is 23.2. The van der Waals surface area contributed by atoms with E-state index in [1.165, 1.54) is 10.8 Å². The number of nitrogens with one attached hydrogen (secondary N) is 1. The number of rotatable bonds is 5. The molecule has 1 aliphatic heterocycles. The fourth-order valence-electron chi connectivity index (χ4n) is 3.55. The number of aromatic amines is 1. The number of hydrogen-bond donors (Lipinski definition) is 1. The third-order valence-electron chi connectivity index (χ3n) is 5.54. The third-order valence-corrected chi connectivity index (χ3v) is 5.54. The lowest BCUT2D eigenvalue weighted by Gasteiger charge is -2.19. The van der Waals surface area contributed by atoms with Crippen LogP contribution in [0, 0.1) is 20.8 Å². The molecule has 0 radical (unpaired) electrons. The number of carbonyl (C=O) groups is 2. The highest BCUT2D eigenvalue weighted by atomic mass is 16.7. The molecule has 0 bridgehead atoms. The molecule has 0 saturated carbocycles. The second-order valence-corrected chi connectivity index (χ2v) is 8.25. The summed E-state index contributed by atoms with van der Waals surface area (Å²) in [5, 5.41) is 0. The highest BCUT2D eigenvalue weighted by Crippen LogP contribution is 2.32. The Morgan fingerprint density at radius 3 is 1.97 bits per heavy atom. The largest absolute Gasteiger partial charge is 0.452 e. The lowest BCUT2D eigenvalue weighted by Crippen LogP contribution is -2.33. The number of hydrogen-bond acceptors (Lipinski definition) is 7. The van der Waals surface area contributed by atoms with Crippen molar-refractivity contribution < 1.29 is 23.8 Å². The van der Waals surface area contributed by atoms with E-state index in [9.17, 15) is 19.2 Å². The van der Waals surface area contributed by atoms with Gasteiger partial charge in [-0.2, -0.15) is 0 Å². The van der Waals surface area contributed by atoms with Gasteiger partial charge in [0.25, 0.3) is 5.56 Å². The van der Waals surface area contributed by atoms with Crippen LogP contribution in [0.2, 0.25) is 0 Å². The van der Waals surface area contributed by atoms with E-state index in [1.807, 2.05) is 13.8 Å². The predicted octanol–water partition coefficient (Wildman–Crippen LogP) is 2.79. The minimum atomic E-state index is -1.26. The highest BCUT2D eigenvalue weighted by Gasteiger charge is 2.42. The molecule has 0 unspecified atom stereocenters. The van der Waals surface area contributed by atoms with Crippen LogP contribution in [-0.2, 0) is 14.2 Å². The first-order chi connectivity index (χ1) is 16.2. The predicted molar refractivity (Wildman–Crippen MR) is 122 cm³/mol. The Morgan fingerprint density at radius 1 is 0.882 bits per heavy atom. The second kappa shape index (κ2) is 9.48. The molecule has 4 rings (SSSR count). The molecule has 0 amide bonds. The van der Waals surface area contributed by atoms with Crippen LogP contribution in [0.15, 0.2) is 64.3 Å². The highest BCUT2D eigenvalue weighted by molar-refractivity contribution is 5.90. The van der Waals surface area contributed by atoms with Gasteiger partial charge in [0, 0.05) is 18.2 Å². The molecule has 9 heteroatoms. The minimum Gasteiger partial charge on any atom is -0.452 e. The lowest BCUT2D eigenvalue weighted by molar-refractivity contribution is -0.149. The molecule has 1 N–H and O–H groups in total. The molecule has 3 aromatic rings. The van der Waals surface area contributed by atoms with E-state index in [-0.39, 0.29) is 6.42 Å². The van der Waals surface area contributed by atoms with E-state index in [0.717, 1.165) is 11.1 Å². The Balaban J connectivity index is 1.59. The van der Waals surface area contributed by atoms with Crippen molar-refractivity contribution in [3.05, 3.63) is 103 Å². The van der Waals surface area contributed by atoms with Gasteiger partial charge in [0.15, 0.2) is 6.10 Å². The summed E-state index contributed by atoms with van der Waals surface area (Å²) in [5.41, 5.74) is 1.70. The molecule has 1 aliphatic rings. The van der Waals surface area contributed by atoms with Crippen molar-refractivity contribution in [2.75, 3.05) is 0 Å². The van der Waals surface area contributed by atoms with Crippen molar-refractivity contribution in [3.63, 3.8) is 0 Å². The van der Waals surface area contributed by atoms with Gasteiger partial charge in [0.2, 0.25) is 6.29 Å². The molecule has 2 heterocycles. The molecular weight excluding hydrogens is 440 g/mol. The van der Waals surface area contributed by atoms with Crippen LogP contribution in [0.3, 0.4) is 0 Å². The van der Waals surface area contributed by atoms with Crippen molar-refractivity contribution in [2.24, 2.45) is 0 Å². The van der Waals surface area contributed by atoms with Crippen molar-refractivity contribution in [1.82, 2.24) is 9.55 Å². The summed E-state index contributed by atoms with van der Waals surface area (Å²) in [7, 11) is 0. The van der Waals surface area contributed by atoms with Crippen LogP contribution in [0.25, 0.3) is 0 Å². The Morgan fingerprint density at radius 2 is 1.41 bits per heavy atom. The zero-order valence-corrected chi connectivity index (χ0v) is 18.9. The first-order valence-electron chi connectivity index (χ1n) is 10.7. The fourth-order valence-corrected chi connectivity index (χ4v) is 3.55. The maximum atomic E-state index is 12.7. The number of nitrogens with zero attached hydrogens (tertiary/aromatic N) is 1. The van der Waals surface area contributed by atoms with E-state index < -0.39 is 41.8 Å². The molecule has 0 spiro atoms. The zero-order chi connectivity index (χ0) is 24.4. The minimum absolute atomic E-state index is 0.0365. The monoisotopic (exact) mass is 464 g/mol. The molecule has 34 heavy (non-hydrogen) atoms. The maximum Gasteiger partial charge on any atom is 0.340 e. The number of esters is 2. The molecule has 176 valence electrons. The van der Waals surface area contributed by atoms with Gasteiger partial charge in [0.1, 0.15) is 6.23 Å². The van der Waals surface area contributed by atoms with Crippen molar-refractivity contribution in [3.8, 4) is 0 Å². The maximum absolute atomic E-state index is 12.7. The van der Waals surface area contributed by atoms with Gasteiger partial charge in [-0.3, -0.25) is 14.3 Å². The smallest absolute Gasteiger partial charge is 0.340 e. The van der Waals surface area contributed by atoms with Gasteiger partial charge in [-0.05, 0) is 45.0 Å². The summed E-state index contributed by atoms with van der Waals surface area (Å²) >= 11 is 0. The van der Waals surface area contributed by atoms with Gasteiger partial charge in [-0.25, -0.2) is 14.4 Å². The summed E-state index contributed by atoms with van der Waals surface area (Å²) in [6.07, 6.45) is -1.77. The van der Waals surface area contributed by atoms with Crippen LogP contribution in [-0.4, -0.2) is 33.9 Å². The van der Waals surface area contributed by atoms with Crippen molar-refractivity contribution >= 4 is 11.9 Å². The standard InChI is InChI=1S/C25H24N2O7/c1-14-4-8-17(9-5-14)22(29)32-19-12-20(27-13-16(3)21(28)26-25(27)31)33-24(19)34-23(30)18-10-6-15(2)7-11-18/h4-11,13,19-20,24H,12H2,1-3H3,(H,26,28,31)/t19-,20-,24-/m1/s1. The Labute approximate surface area is 194 Å². The number of benzene rings is 2. The first-order valence-corrected chi connectivity index (χ1v) is 10.7. The molecule has 2 aromatic carbocycles. The van der Waals surface area contributed by atoms with Crippen LogP contribution >= 0.6 is 0 Å². The Bertz CT molecular complexity index is 1260. The van der Waals surface area contributed by atoms with Crippen LogP contribution in [0.1, 0.15) is 50.1 Å². The van der Waals surface area contributed by atoms with Gasteiger partial charge >= 0.3 is 17.6 Å². The van der Waals surface area contributed by atoms with Gasteiger partial charge in [-0.1, -0.05) is 35.4 Å². The number of aryl methyl sites for hydroxylation is 3. The normalized spacial score (nSPS) is 19.6. The van der Waals surface area contributed by atoms with E-state index in [2.05, 4.69) is 4.98 Å². The van der Waals surface area contributed by atoms with Gasteiger partial charge in [-0.15, -0.1) is 0 Å². The van der Waals surface area contributed by atoms with E-state index in [1.54, 1.807) is 55.5 Å². The third kappa shape index (κ3) is 4.99. The average molecular weight is 464 g/mol. The molecular formula is C25H24N2O7. The van der Waals surface area contributed by atoms with E-state index in [4.69, 9.17) is 14.2 Å². The summed E-state index contributed by atoms with van der Waals surface area (Å²) in [6.45, 7) is 5.34. The summed E-state index contributed by atoms with van der Waals surface area (Å²) in [5.74, 6) is -1.28. The number of H-pyrrole nitrogens is 1. The summed E-state index contributed by atoms with van der Waals surface area (Å²) in [6, 6.07) is 13.6.